The van der Waals surface area contributed by atoms with E-state index in [0.717, 1.165) is 17.0 Å². The minimum Gasteiger partial charge on any atom is -0.497 e. The summed E-state index contributed by atoms with van der Waals surface area (Å²) in [5, 5.41) is 3.45. The van der Waals surface area contributed by atoms with Crippen molar-refractivity contribution >= 4 is 23.5 Å². The molecule has 1 N–H and O–H groups in total. The maximum atomic E-state index is 12.4. The first kappa shape index (κ1) is 17.0. The van der Waals surface area contributed by atoms with E-state index in [1.165, 1.54) is 0 Å². The van der Waals surface area contributed by atoms with Gasteiger partial charge in [0.15, 0.2) is 0 Å². The van der Waals surface area contributed by atoms with Crippen LogP contribution in [0.1, 0.15) is 17.3 Å². The number of carbonyl (C=O) groups excluding carboxylic acids is 1. The Balaban J connectivity index is 1.84. The average Bonchev–Trinajstić information content (AvgIpc) is 3.05. The number of nitrogens with zero attached hydrogens (tertiary/aromatic N) is 2. The van der Waals surface area contributed by atoms with Gasteiger partial charge in [0.1, 0.15) is 5.75 Å². The van der Waals surface area contributed by atoms with Gasteiger partial charge < -0.3 is 9.30 Å². The maximum absolute atomic E-state index is 12.4. The first-order chi connectivity index (χ1) is 12.1. The van der Waals surface area contributed by atoms with Crippen molar-refractivity contribution in [2.45, 2.75) is 13.5 Å². The first-order valence-electron chi connectivity index (χ1n) is 7.89. The number of anilines is 1. The van der Waals surface area contributed by atoms with Gasteiger partial charge in [0.25, 0.3) is 5.91 Å². The number of nitrogens with one attached hydrogen (secondary N) is 1. The summed E-state index contributed by atoms with van der Waals surface area (Å²) >= 11 is 5.86. The van der Waals surface area contributed by atoms with E-state index in [4.69, 9.17) is 16.3 Å². The highest BCUT2D eigenvalue weighted by molar-refractivity contribution is 6.30. The van der Waals surface area contributed by atoms with Crippen LogP contribution < -0.4 is 10.1 Å². The lowest BCUT2D eigenvalue weighted by molar-refractivity contribution is 0.102. The topological polar surface area (TPSA) is 56.1 Å². The van der Waals surface area contributed by atoms with Crippen molar-refractivity contribution in [1.82, 2.24) is 9.55 Å². The fourth-order valence-electron chi connectivity index (χ4n) is 2.43. The largest absolute Gasteiger partial charge is 0.497 e. The Morgan fingerprint density at radius 1 is 1.16 bits per heavy atom. The number of halogens is 1. The number of imidazole rings is 1. The molecule has 1 amide bonds. The van der Waals surface area contributed by atoms with Crippen LogP contribution >= 0.6 is 11.6 Å². The molecule has 0 atom stereocenters. The number of hydrogen-bond acceptors (Lipinski definition) is 3. The molecule has 3 aromatic rings. The van der Waals surface area contributed by atoms with Crippen LogP contribution in [0, 0.1) is 0 Å². The molecule has 0 saturated heterocycles. The van der Waals surface area contributed by atoms with Gasteiger partial charge in [0.05, 0.1) is 12.8 Å². The Labute approximate surface area is 151 Å². The second-order valence-electron chi connectivity index (χ2n) is 5.43. The van der Waals surface area contributed by atoms with Gasteiger partial charge in [-0.1, -0.05) is 11.6 Å². The lowest BCUT2D eigenvalue weighted by Crippen LogP contribution is -2.15. The first-order valence-corrected chi connectivity index (χ1v) is 8.27. The Morgan fingerprint density at radius 2 is 1.84 bits per heavy atom. The molecule has 0 radical (unpaired) electrons. The standard InChI is InChI=1S/C19H18ClN3O2/c1-3-23-12-17(13-6-10-16(25-2)11-7-13)21-19(23)22-18(24)14-4-8-15(20)9-5-14/h4-12H,3H2,1-2H3,(H,21,22,24). The van der Waals surface area contributed by atoms with E-state index >= 15 is 0 Å². The van der Waals surface area contributed by atoms with Crippen LogP contribution in [-0.2, 0) is 6.54 Å². The van der Waals surface area contributed by atoms with E-state index < -0.39 is 0 Å². The van der Waals surface area contributed by atoms with E-state index in [0.29, 0.717) is 23.1 Å². The second-order valence-corrected chi connectivity index (χ2v) is 5.86. The highest BCUT2D eigenvalue weighted by Crippen LogP contribution is 2.24. The van der Waals surface area contributed by atoms with Crippen LogP contribution in [0.15, 0.2) is 54.7 Å². The molecule has 5 nitrogen and oxygen atoms in total. The summed E-state index contributed by atoms with van der Waals surface area (Å²) in [6, 6.07) is 14.4. The van der Waals surface area contributed by atoms with Crippen molar-refractivity contribution in [2.24, 2.45) is 0 Å². The van der Waals surface area contributed by atoms with Crippen molar-refractivity contribution in [3.8, 4) is 17.0 Å². The lowest BCUT2D eigenvalue weighted by atomic mass is 10.2. The number of aryl methyl sites for hydroxylation is 1. The van der Waals surface area contributed by atoms with Crippen molar-refractivity contribution in [3.05, 3.63) is 65.3 Å². The molecule has 0 bridgehead atoms. The molecule has 128 valence electrons. The molecule has 0 aliphatic rings. The average molecular weight is 356 g/mol. The minimum atomic E-state index is -0.224. The summed E-state index contributed by atoms with van der Waals surface area (Å²) in [6.07, 6.45) is 1.92. The van der Waals surface area contributed by atoms with Gasteiger partial charge in [-0.15, -0.1) is 0 Å². The normalized spacial score (nSPS) is 10.5. The Hall–Kier alpha value is -2.79. The molecule has 0 aliphatic heterocycles. The third kappa shape index (κ3) is 3.83. The van der Waals surface area contributed by atoms with E-state index in [1.54, 1.807) is 31.4 Å². The minimum absolute atomic E-state index is 0.224. The zero-order valence-electron chi connectivity index (χ0n) is 14.0. The van der Waals surface area contributed by atoms with E-state index in [9.17, 15) is 4.79 Å². The van der Waals surface area contributed by atoms with Crippen LogP contribution in [0.5, 0.6) is 5.75 Å². The third-order valence-electron chi connectivity index (χ3n) is 3.83. The predicted molar refractivity (Wildman–Crippen MR) is 99.3 cm³/mol. The van der Waals surface area contributed by atoms with Gasteiger partial charge in [-0.3, -0.25) is 10.1 Å². The molecule has 0 saturated carbocycles. The highest BCUT2D eigenvalue weighted by atomic mass is 35.5. The molecule has 0 unspecified atom stereocenters. The maximum Gasteiger partial charge on any atom is 0.257 e. The zero-order valence-corrected chi connectivity index (χ0v) is 14.7. The van der Waals surface area contributed by atoms with Crippen LogP contribution in [0.4, 0.5) is 5.95 Å². The van der Waals surface area contributed by atoms with Gasteiger partial charge in [-0.05, 0) is 55.5 Å². The molecule has 0 aliphatic carbocycles. The number of aromatic nitrogens is 2. The van der Waals surface area contributed by atoms with Crippen LogP contribution in [0.2, 0.25) is 5.02 Å². The number of carbonyl (C=O) groups is 1. The van der Waals surface area contributed by atoms with E-state index in [1.807, 2.05) is 42.0 Å². The molecule has 1 heterocycles. The number of rotatable bonds is 5. The summed E-state index contributed by atoms with van der Waals surface area (Å²) in [4.78, 5) is 17.0. The number of hydrogen-bond donors (Lipinski definition) is 1. The molecular formula is C19H18ClN3O2. The number of methoxy groups -OCH3 is 1. The van der Waals surface area contributed by atoms with E-state index in [2.05, 4.69) is 10.3 Å². The summed E-state index contributed by atoms with van der Waals surface area (Å²) in [5.41, 5.74) is 2.27. The summed E-state index contributed by atoms with van der Waals surface area (Å²) in [7, 11) is 1.63. The molecule has 1 aromatic heterocycles. The number of amides is 1. The van der Waals surface area contributed by atoms with Crippen molar-refractivity contribution in [1.29, 1.82) is 0 Å². The summed E-state index contributed by atoms with van der Waals surface area (Å²) in [5.74, 6) is 1.07. The van der Waals surface area contributed by atoms with Crippen molar-refractivity contribution in [3.63, 3.8) is 0 Å². The van der Waals surface area contributed by atoms with Crippen molar-refractivity contribution in [2.75, 3.05) is 12.4 Å². The number of benzene rings is 2. The monoisotopic (exact) mass is 355 g/mol. The van der Waals surface area contributed by atoms with Gasteiger partial charge >= 0.3 is 0 Å². The smallest absolute Gasteiger partial charge is 0.257 e. The Morgan fingerprint density at radius 3 is 2.44 bits per heavy atom. The molecule has 0 fully saturated rings. The van der Waals surface area contributed by atoms with Crippen LogP contribution in [-0.4, -0.2) is 22.6 Å². The van der Waals surface area contributed by atoms with Gasteiger partial charge in [-0.25, -0.2) is 4.98 Å². The fraction of sp³-hybridized carbons (Fsp3) is 0.158. The third-order valence-corrected chi connectivity index (χ3v) is 4.09. The molecule has 2 aromatic carbocycles. The quantitative estimate of drug-likeness (QED) is 0.733. The fourth-order valence-corrected chi connectivity index (χ4v) is 2.56. The molecule has 0 spiro atoms. The van der Waals surface area contributed by atoms with Crippen molar-refractivity contribution < 1.29 is 9.53 Å². The molecule has 6 heteroatoms. The summed E-state index contributed by atoms with van der Waals surface area (Å²) < 4.78 is 7.07. The molecule has 25 heavy (non-hydrogen) atoms. The van der Waals surface area contributed by atoms with Crippen LogP contribution in [0.3, 0.4) is 0 Å². The Kier molecular flexibility index (Phi) is 5.05. The number of ether oxygens (including phenoxy) is 1. The molecule has 3 rings (SSSR count). The van der Waals surface area contributed by atoms with E-state index in [-0.39, 0.29) is 5.91 Å². The van der Waals surface area contributed by atoms with Gasteiger partial charge in [0, 0.05) is 28.9 Å². The lowest BCUT2D eigenvalue weighted by Gasteiger charge is -2.06. The highest BCUT2D eigenvalue weighted by Gasteiger charge is 2.13. The zero-order chi connectivity index (χ0) is 17.8. The Bertz CT molecular complexity index is 871. The van der Waals surface area contributed by atoms with Crippen LogP contribution in [0.25, 0.3) is 11.3 Å². The second kappa shape index (κ2) is 7.40. The SMILES string of the molecule is CCn1cc(-c2ccc(OC)cc2)nc1NC(=O)c1ccc(Cl)cc1. The predicted octanol–water partition coefficient (Wildman–Crippen LogP) is 4.48. The van der Waals surface area contributed by atoms with Gasteiger partial charge in [-0.2, -0.15) is 0 Å². The summed E-state index contributed by atoms with van der Waals surface area (Å²) in [6.45, 7) is 2.69. The van der Waals surface area contributed by atoms with Gasteiger partial charge in [0.2, 0.25) is 5.95 Å². The molecular weight excluding hydrogens is 338 g/mol.